The van der Waals surface area contributed by atoms with Gasteiger partial charge in [0.1, 0.15) is 6.04 Å². The van der Waals surface area contributed by atoms with Crippen LogP contribution in [0.1, 0.15) is 23.2 Å². The van der Waals surface area contributed by atoms with Crippen molar-refractivity contribution in [2.24, 2.45) is 5.73 Å². The van der Waals surface area contributed by atoms with Gasteiger partial charge in [0.25, 0.3) is 10.2 Å². The van der Waals surface area contributed by atoms with Crippen LogP contribution in [0.2, 0.25) is 0 Å². The van der Waals surface area contributed by atoms with Gasteiger partial charge in [-0.25, -0.2) is 0 Å². The molecule has 3 rings (SSSR count). The number of anilines is 1. The zero-order chi connectivity index (χ0) is 20.5. The molecule has 154 valence electrons. The molecule has 0 radical (unpaired) electrons. The topological polar surface area (TPSA) is 107 Å². The van der Waals surface area contributed by atoms with E-state index in [4.69, 9.17) is 5.73 Å². The summed E-state index contributed by atoms with van der Waals surface area (Å²) in [5.74, 6) is -0.581. The van der Waals surface area contributed by atoms with Gasteiger partial charge in [-0.3, -0.25) is 9.59 Å². The average molecular weight is 410 g/mol. The number of carbonyl (C=O) groups is 2. The van der Waals surface area contributed by atoms with Gasteiger partial charge in [-0.1, -0.05) is 0 Å². The molecule has 0 spiro atoms. The number of piperazine rings is 1. The summed E-state index contributed by atoms with van der Waals surface area (Å²) in [7, 11) is -0.636. The molecule has 2 aliphatic heterocycles. The highest BCUT2D eigenvalue weighted by atomic mass is 32.2. The normalized spacial score (nSPS) is 21.3. The Balaban J connectivity index is 1.63. The number of nitrogens with two attached hydrogens (primary N) is 1. The summed E-state index contributed by atoms with van der Waals surface area (Å²) in [5, 5.41) is 0. The molecule has 1 aromatic rings. The molecule has 1 unspecified atom stereocenters. The van der Waals surface area contributed by atoms with E-state index in [1.807, 2.05) is 12.1 Å². The van der Waals surface area contributed by atoms with Crippen LogP contribution in [0.4, 0.5) is 5.69 Å². The number of hydrogen-bond donors (Lipinski definition) is 1. The van der Waals surface area contributed by atoms with Crippen LogP contribution >= 0.6 is 0 Å². The van der Waals surface area contributed by atoms with E-state index < -0.39 is 22.2 Å². The molecule has 0 aliphatic carbocycles. The number of nitrogens with zero attached hydrogens (tertiary/aromatic N) is 4. The van der Waals surface area contributed by atoms with Gasteiger partial charge < -0.3 is 15.5 Å². The summed E-state index contributed by atoms with van der Waals surface area (Å²) in [5.41, 5.74) is 6.69. The Kier molecular flexibility index (Phi) is 5.92. The monoisotopic (exact) mass is 409 g/mol. The minimum Gasteiger partial charge on any atom is -0.368 e. The molecule has 9 nitrogen and oxygen atoms in total. The van der Waals surface area contributed by atoms with E-state index in [2.05, 4.69) is 4.90 Å². The molecule has 2 aliphatic rings. The van der Waals surface area contributed by atoms with E-state index in [0.717, 1.165) is 9.99 Å². The lowest BCUT2D eigenvalue weighted by atomic mass is 10.1. The van der Waals surface area contributed by atoms with Gasteiger partial charge in [0.2, 0.25) is 11.8 Å². The molecule has 2 heterocycles. The van der Waals surface area contributed by atoms with Crippen LogP contribution in [0, 0.1) is 0 Å². The van der Waals surface area contributed by atoms with Crippen molar-refractivity contribution in [3.63, 3.8) is 0 Å². The van der Waals surface area contributed by atoms with Crippen LogP contribution in [0.25, 0.3) is 0 Å². The number of hydrogen-bond acceptors (Lipinski definition) is 5. The Morgan fingerprint density at radius 1 is 1.04 bits per heavy atom. The average Bonchev–Trinajstić information content (AvgIpc) is 3.18. The van der Waals surface area contributed by atoms with Gasteiger partial charge in [-0.05, 0) is 37.1 Å². The molecule has 28 heavy (non-hydrogen) atoms. The molecule has 1 atom stereocenters. The van der Waals surface area contributed by atoms with Gasteiger partial charge in [0.15, 0.2) is 0 Å². The van der Waals surface area contributed by atoms with E-state index in [0.29, 0.717) is 51.1 Å². The van der Waals surface area contributed by atoms with Gasteiger partial charge in [0.05, 0.1) is 0 Å². The zero-order valence-corrected chi connectivity index (χ0v) is 17.1. The third kappa shape index (κ3) is 3.98. The Morgan fingerprint density at radius 3 is 2.18 bits per heavy atom. The van der Waals surface area contributed by atoms with Crippen molar-refractivity contribution in [3.05, 3.63) is 29.8 Å². The Bertz CT molecular complexity index is 832. The highest BCUT2D eigenvalue weighted by molar-refractivity contribution is 7.86. The van der Waals surface area contributed by atoms with Crippen molar-refractivity contribution in [2.45, 2.75) is 18.9 Å². The number of primary amides is 1. The molecular formula is C18H27N5O4S. The Morgan fingerprint density at radius 2 is 1.64 bits per heavy atom. The van der Waals surface area contributed by atoms with Crippen molar-refractivity contribution >= 4 is 27.7 Å². The predicted octanol–water partition coefficient (Wildman–Crippen LogP) is -0.295. The summed E-state index contributed by atoms with van der Waals surface area (Å²) in [6.07, 6.45) is 1.25. The molecule has 0 aromatic heterocycles. The molecule has 2 amide bonds. The third-order valence-electron chi connectivity index (χ3n) is 5.35. The van der Waals surface area contributed by atoms with Crippen molar-refractivity contribution < 1.29 is 18.0 Å². The van der Waals surface area contributed by atoms with E-state index in [1.54, 1.807) is 17.0 Å². The van der Waals surface area contributed by atoms with Gasteiger partial charge >= 0.3 is 0 Å². The fraction of sp³-hybridized carbons (Fsp3) is 0.556. The molecule has 0 bridgehead atoms. The number of rotatable bonds is 5. The predicted molar refractivity (Wildman–Crippen MR) is 106 cm³/mol. The first-order valence-electron chi connectivity index (χ1n) is 9.34. The van der Waals surface area contributed by atoms with Crippen LogP contribution in [0.5, 0.6) is 0 Å². The van der Waals surface area contributed by atoms with Crippen LogP contribution in [0.3, 0.4) is 0 Å². The minimum absolute atomic E-state index is 0.119. The number of benzene rings is 1. The smallest absolute Gasteiger partial charge is 0.282 e. The van der Waals surface area contributed by atoms with Crippen molar-refractivity contribution in [3.8, 4) is 0 Å². The molecule has 2 fully saturated rings. The fourth-order valence-corrected chi connectivity index (χ4v) is 5.00. The summed E-state index contributed by atoms with van der Waals surface area (Å²) >= 11 is 0. The number of carbonyl (C=O) groups excluding carboxylic acids is 2. The summed E-state index contributed by atoms with van der Waals surface area (Å²) < 4.78 is 27.4. The summed E-state index contributed by atoms with van der Waals surface area (Å²) in [4.78, 5) is 28.0. The molecule has 2 saturated heterocycles. The lowest BCUT2D eigenvalue weighted by molar-refractivity contribution is -0.135. The molecule has 10 heteroatoms. The van der Waals surface area contributed by atoms with Gasteiger partial charge in [-0.15, -0.1) is 0 Å². The van der Waals surface area contributed by atoms with E-state index in [-0.39, 0.29) is 5.91 Å². The first-order valence-corrected chi connectivity index (χ1v) is 10.7. The Hall–Kier alpha value is -2.17. The second-order valence-corrected chi connectivity index (χ2v) is 9.38. The SMILES string of the molecule is CN(C)S(=O)(=O)N1CCCC1C(=O)N1CCN(c2ccc(C(N)=O)cc2)CC1. The molecule has 2 N–H and O–H groups in total. The largest absolute Gasteiger partial charge is 0.368 e. The zero-order valence-electron chi connectivity index (χ0n) is 16.2. The quantitative estimate of drug-likeness (QED) is 0.719. The minimum atomic E-state index is -3.60. The van der Waals surface area contributed by atoms with Crippen LogP contribution in [-0.4, -0.2) is 86.6 Å². The Labute approximate surface area is 165 Å². The number of amides is 2. The lowest BCUT2D eigenvalue weighted by Crippen LogP contribution is -2.55. The van der Waals surface area contributed by atoms with E-state index in [1.165, 1.54) is 18.4 Å². The van der Waals surface area contributed by atoms with E-state index >= 15 is 0 Å². The molecule has 1 aromatic carbocycles. The van der Waals surface area contributed by atoms with Crippen molar-refractivity contribution in [1.29, 1.82) is 0 Å². The van der Waals surface area contributed by atoms with Gasteiger partial charge in [0, 0.05) is 58.1 Å². The fourth-order valence-electron chi connectivity index (χ4n) is 3.71. The standard InChI is InChI=1S/C18H27N5O4S/c1-20(2)28(26,27)23-9-3-4-16(23)18(25)22-12-10-21(11-13-22)15-7-5-14(6-8-15)17(19)24/h5-8,16H,3-4,9-13H2,1-2H3,(H2,19,24). The first-order chi connectivity index (χ1) is 13.2. The van der Waals surface area contributed by atoms with Crippen molar-refractivity contribution in [1.82, 2.24) is 13.5 Å². The van der Waals surface area contributed by atoms with Crippen LogP contribution in [0.15, 0.2) is 24.3 Å². The van der Waals surface area contributed by atoms with Crippen LogP contribution < -0.4 is 10.6 Å². The van der Waals surface area contributed by atoms with Crippen molar-refractivity contribution in [2.75, 3.05) is 51.7 Å². The first kappa shape index (κ1) is 20.6. The van der Waals surface area contributed by atoms with Gasteiger partial charge in [-0.2, -0.15) is 17.0 Å². The highest BCUT2D eigenvalue weighted by Crippen LogP contribution is 2.25. The highest BCUT2D eigenvalue weighted by Gasteiger charge is 2.41. The second kappa shape index (κ2) is 8.06. The maximum atomic E-state index is 13.0. The third-order valence-corrected chi connectivity index (χ3v) is 7.31. The van der Waals surface area contributed by atoms with E-state index in [9.17, 15) is 18.0 Å². The maximum absolute atomic E-state index is 13.0. The second-order valence-electron chi connectivity index (χ2n) is 7.28. The lowest BCUT2D eigenvalue weighted by Gasteiger charge is -2.38. The summed E-state index contributed by atoms with van der Waals surface area (Å²) in [6.45, 7) is 2.73. The van der Waals surface area contributed by atoms with Crippen LogP contribution in [-0.2, 0) is 15.0 Å². The molecule has 0 saturated carbocycles. The summed E-state index contributed by atoms with van der Waals surface area (Å²) in [6, 6.07) is 6.46. The molecular weight excluding hydrogens is 382 g/mol. The maximum Gasteiger partial charge on any atom is 0.282 e.